The standard InChI is InChI=1S/C35H43F2N5O7SSi/c1-33(2,3)49-32(44)42(21-46-13-14-51(6,7)8)31-41-34(4,27-17-35(27,50-31)30(43)45-5)23-15-22(9-10-24(23)36)16-25(37)26-18-40-28(19-39-26)48-20-29-38-11-12-47-29/h9-12,15-16,18-19,27H,13-14,17,20-21H2,1-8H3/b25-16-/t27-,34+,35-/m0/s1. The molecule has 12 nitrogen and oxygen atoms in total. The number of aromatic nitrogens is 3. The van der Waals surface area contributed by atoms with Gasteiger partial charge in [0.1, 0.15) is 34.9 Å². The van der Waals surface area contributed by atoms with E-state index < -0.39 is 53.6 Å². The molecule has 274 valence electrons. The minimum absolute atomic E-state index is 0.0264. The third kappa shape index (κ3) is 9.02. The van der Waals surface area contributed by atoms with Crippen LogP contribution in [0.25, 0.3) is 11.9 Å². The van der Waals surface area contributed by atoms with Crippen molar-refractivity contribution in [1.82, 2.24) is 19.9 Å². The zero-order valence-corrected chi connectivity index (χ0v) is 31.8. The molecule has 0 bridgehead atoms. The Hall–Kier alpha value is -4.15. The molecular formula is C35H43F2N5O7SSi. The molecule has 0 spiro atoms. The molecule has 1 aliphatic carbocycles. The van der Waals surface area contributed by atoms with Gasteiger partial charge in [-0.15, -0.1) is 0 Å². The highest BCUT2D eigenvalue weighted by molar-refractivity contribution is 8.15. The lowest BCUT2D eigenvalue weighted by molar-refractivity contribution is -0.141. The Balaban J connectivity index is 1.47. The highest BCUT2D eigenvalue weighted by atomic mass is 32.2. The Morgan fingerprint density at radius 1 is 1.18 bits per heavy atom. The lowest BCUT2D eigenvalue weighted by atomic mass is 9.84. The molecule has 2 aliphatic rings. The van der Waals surface area contributed by atoms with Gasteiger partial charge in [0.2, 0.25) is 11.8 Å². The zero-order valence-electron chi connectivity index (χ0n) is 30.0. The van der Waals surface area contributed by atoms with Crippen LogP contribution in [0.1, 0.15) is 56.8 Å². The van der Waals surface area contributed by atoms with Gasteiger partial charge < -0.3 is 23.4 Å². The number of esters is 1. The first-order chi connectivity index (χ1) is 23.9. The molecule has 3 atom stereocenters. The number of ether oxygens (including phenoxy) is 4. The van der Waals surface area contributed by atoms with Crippen molar-refractivity contribution in [3.8, 4) is 5.88 Å². The Morgan fingerprint density at radius 3 is 2.57 bits per heavy atom. The number of hydrogen-bond donors (Lipinski definition) is 0. The summed E-state index contributed by atoms with van der Waals surface area (Å²) in [6.45, 7) is 13.8. The summed E-state index contributed by atoms with van der Waals surface area (Å²) in [7, 11) is -0.161. The van der Waals surface area contributed by atoms with Gasteiger partial charge >= 0.3 is 12.1 Å². The Morgan fingerprint density at radius 2 is 1.94 bits per heavy atom. The van der Waals surface area contributed by atoms with Crippen molar-refractivity contribution in [1.29, 1.82) is 0 Å². The van der Waals surface area contributed by atoms with Crippen LogP contribution < -0.4 is 4.74 Å². The summed E-state index contributed by atoms with van der Waals surface area (Å²) in [4.78, 5) is 45.3. The van der Waals surface area contributed by atoms with E-state index in [0.717, 1.165) is 17.8 Å². The number of aliphatic imine (C=N–C) groups is 1. The fourth-order valence-electron chi connectivity index (χ4n) is 5.53. The molecule has 3 aromatic rings. The van der Waals surface area contributed by atoms with Crippen LogP contribution in [-0.4, -0.2) is 76.0 Å². The maximum atomic E-state index is 15.9. The molecule has 1 fully saturated rings. The summed E-state index contributed by atoms with van der Waals surface area (Å²) < 4.78 is 57.7. The van der Waals surface area contributed by atoms with Crippen molar-refractivity contribution in [2.75, 3.05) is 20.4 Å². The molecule has 1 aliphatic heterocycles. The molecular weight excluding hydrogens is 701 g/mol. The minimum atomic E-state index is -1.45. The van der Waals surface area contributed by atoms with Crippen molar-refractivity contribution in [3.05, 3.63) is 71.6 Å². The zero-order chi connectivity index (χ0) is 37.2. The van der Waals surface area contributed by atoms with Crippen LogP contribution in [0.4, 0.5) is 13.6 Å². The fraction of sp³-hybridized carbons (Fsp3) is 0.486. The van der Waals surface area contributed by atoms with Gasteiger partial charge in [0.05, 0.1) is 31.2 Å². The van der Waals surface area contributed by atoms with Crippen molar-refractivity contribution < 1.29 is 41.7 Å². The van der Waals surface area contributed by atoms with E-state index in [2.05, 4.69) is 34.6 Å². The van der Waals surface area contributed by atoms with E-state index in [9.17, 15) is 9.59 Å². The van der Waals surface area contributed by atoms with E-state index in [1.807, 2.05) is 0 Å². The quantitative estimate of drug-likeness (QED) is 0.0791. The number of amidine groups is 1. The van der Waals surface area contributed by atoms with Crippen LogP contribution in [0.5, 0.6) is 5.88 Å². The second-order valence-corrected chi connectivity index (χ2v) is 21.6. The maximum absolute atomic E-state index is 15.9. The van der Waals surface area contributed by atoms with Crippen molar-refractivity contribution in [3.63, 3.8) is 0 Å². The number of methoxy groups -OCH3 is 1. The van der Waals surface area contributed by atoms with Gasteiger partial charge in [-0.25, -0.2) is 33.4 Å². The number of hydrogen-bond acceptors (Lipinski definition) is 12. The molecule has 1 saturated carbocycles. The van der Waals surface area contributed by atoms with Crippen molar-refractivity contribution in [2.24, 2.45) is 10.9 Å². The summed E-state index contributed by atoms with van der Waals surface area (Å²) in [5.41, 5.74) is -1.85. The van der Waals surface area contributed by atoms with Crippen LogP contribution in [0, 0.1) is 11.7 Å². The van der Waals surface area contributed by atoms with E-state index in [4.69, 9.17) is 28.4 Å². The summed E-state index contributed by atoms with van der Waals surface area (Å²) in [5.74, 6) is -1.86. The lowest BCUT2D eigenvalue weighted by Gasteiger charge is -2.37. The Kier molecular flexibility index (Phi) is 11.1. The van der Waals surface area contributed by atoms with Crippen LogP contribution in [0.2, 0.25) is 25.7 Å². The number of nitrogens with zero attached hydrogens (tertiary/aromatic N) is 5. The average molecular weight is 744 g/mol. The minimum Gasteiger partial charge on any atom is -0.468 e. The normalized spacial score (nSPS) is 21.7. The number of oxazole rings is 1. The van der Waals surface area contributed by atoms with Gasteiger partial charge in [0.15, 0.2) is 17.6 Å². The van der Waals surface area contributed by atoms with Crippen LogP contribution in [0.15, 0.2) is 52.5 Å². The largest absolute Gasteiger partial charge is 0.468 e. The SMILES string of the molecule is COC(=O)[C@]12C[C@H]1[C@@](C)(c1cc(/C=C(\F)c3cnc(OCc4ncco4)cn3)ccc1F)N=C(N(COCC[Si](C)(C)C)C(=O)OC(C)(C)C)S2. The number of thioether (sulfide) groups is 1. The average Bonchev–Trinajstić information content (AvgIpc) is 3.59. The third-order valence-electron chi connectivity index (χ3n) is 8.31. The number of amides is 1. The van der Waals surface area contributed by atoms with Gasteiger partial charge in [0, 0.05) is 26.2 Å². The van der Waals surface area contributed by atoms with Gasteiger partial charge in [-0.3, -0.25) is 9.79 Å². The molecule has 0 unspecified atom stereocenters. The van der Waals surface area contributed by atoms with E-state index in [1.54, 1.807) is 27.7 Å². The first-order valence-electron chi connectivity index (χ1n) is 16.4. The fourth-order valence-corrected chi connectivity index (χ4v) is 7.87. The highest BCUT2D eigenvalue weighted by Crippen LogP contribution is 2.67. The predicted octanol–water partition coefficient (Wildman–Crippen LogP) is 7.45. The van der Waals surface area contributed by atoms with Gasteiger partial charge in [0.25, 0.3) is 0 Å². The number of fused-ring (bicyclic) bond motifs is 1. The summed E-state index contributed by atoms with van der Waals surface area (Å²) in [5, 5.41) is 0.130. The number of halogens is 2. The molecule has 16 heteroatoms. The molecule has 3 heterocycles. The molecule has 0 saturated heterocycles. The number of rotatable bonds is 12. The second-order valence-electron chi connectivity index (χ2n) is 14.7. The van der Waals surface area contributed by atoms with Crippen LogP contribution in [-0.2, 0) is 31.2 Å². The predicted molar refractivity (Wildman–Crippen MR) is 191 cm³/mol. The topological polar surface area (TPSA) is 138 Å². The molecule has 0 radical (unpaired) electrons. The maximum Gasteiger partial charge on any atom is 0.418 e. The number of carbonyl (C=O) groups excluding carboxylic acids is 2. The second kappa shape index (κ2) is 14.8. The Labute approximate surface area is 301 Å². The van der Waals surface area contributed by atoms with Gasteiger partial charge in [-0.2, -0.15) is 0 Å². The van der Waals surface area contributed by atoms with Crippen LogP contribution in [0.3, 0.4) is 0 Å². The molecule has 1 aromatic carbocycles. The van der Waals surface area contributed by atoms with Gasteiger partial charge in [-0.05, 0) is 63.9 Å². The lowest BCUT2D eigenvalue weighted by Crippen LogP contribution is -2.47. The first kappa shape index (κ1) is 38.1. The molecule has 2 aromatic heterocycles. The van der Waals surface area contributed by atoms with Crippen LogP contribution >= 0.6 is 11.8 Å². The van der Waals surface area contributed by atoms with E-state index in [1.165, 1.54) is 61.1 Å². The summed E-state index contributed by atoms with van der Waals surface area (Å²) in [6.07, 6.45) is 6.16. The van der Waals surface area contributed by atoms with E-state index in [-0.39, 0.29) is 35.6 Å². The Bertz CT molecular complexity index is 1800. The molecule has 51 heavy (non-hydrogen) atoms. The summed E-state index contributed by atoms with van der Waals surface area (Å²) in [6, 6.07) is 4.98. The smallest absolute Gasteiger partial charge is 0.418 e. The first-order valence-corrected chi connectivity index (χ1v) is 20.9. The van der Waals surface area contributed by atoms with E-state index >= 15 is 8.78 Å². The third-order valence-corrected chi connectivity index (χ3v) is 11.5. The summed E-state index contributed by atoms with van der Waals surface area (Å²) >= 11 is 1.09. The number of carbonyl (C=O) groups is 2. The van der Waals surface area contributed by atoms with Gasteiger partial charge in [-0.1, -0.05) is 37.5 Å². The van der Waals surface area contributed by atoms with E-state index in [0.29, 0.717) is 24.5 Å². The molecule has 5 rings (SSSR count). The van der Waals surface area contributed by atoms with Crippen molar-refractivity contribution >= 4 is 49.0 Å². The number of benzene rings is 1. The van der Waals surface area contributed by atoms with Crippen molar-refractivity contribution in [2.45, 2.75) is 82.3 Å². The highest BCUT2D eigenvalue weighted by Gasteiger charge is 2.72. The molecule has 0 N–H and O–H groups in total. The monoisotopic (exact) mass is 743 g/mol. The molecule has 1 amide bonds.